The van der Waals surface area contributed by atoms with Gasteiger partial charge in [-0.2, -0.15) is 15.2 Å². The van der Waals surface area contributed by atoms with Gasteiger partial charge in [-0.15, -0.1) is 11.3 Å². The van der Waals surface area contributed by atoms with Crippen molar-refractivity contribution in [1.29, 1.82) is 5.26 Å². The first-order valence-corrected chi connectivity index (χ1v) is 17.0. The average Bonchev–Trinajstić information content (AvgIpc) is 3.31. The first-order chi connectivity index (χ1) is 21.3. The number of aryl methyl sites for hydroxylation is 1. The average molecular weight is 640 g/mol. The van der Waals surface area contributed by atoms with E-state index in [0.717, 1.165) is 75.1 Å². The summed E-state index contributed by atoms with van der Waals surface area (Å²) in [5.74, 6) is -0.230. The highest BCUT2D eigenvalue weighted by Crippen LogP contribution is 2.49. The molecule has 1 aromatic carbocycles. The molecule has 8 rings (SSSR count). The molecule has 2 aromatic heterocycles. The van der Waals surface area contributed by atoms with Crippen molar-refractivity contribution in [2.24, 2.45) is 5.41 Å². The van der Waals surface area contributed by atoms with E-state index in [1.165, 1.54) is 11.3 Å². The minimum atomic E-state index is -0.758. The van der Waals surface area contributed by atoms with Crippen molar-refractivity contribution in [3.05, 3.63) is 38.5 Å². The molecule has 4 fully saturated rings. The number of aromatic nitrogens is 2. The van der Waals surface area contributed by atoms with Crippen LogP contribution in [0.15, 0.2) is 6.07 Å². The molecule has 44 heavy (non-hydrogen) atoms. The van der Waals surface area contributed by atoms with Crippen molar-refractivity contribution >= 4 is 44.7 Å². The minimum absolute atomic E-state index is 0.0501. The van der Waals surface area contributed by atoms with E-state index >= 15 is 4.39 Å². The Morgan fingerprint density at radius 3 is 2.66 bits per heavy atom. The van der Waals surface area contributed by atoms with E-state index in [4.69, 9.17) is 27.1 Å². The van der Waals surface area contributed by atoms with Gasteiger partial charge in [0.05, 0.1) is 12.2 Å². The van der Waals surface area contributed by atoms with E-state index in [1.54, 1.807) is 6.07 Å². The molecule has 5 heterocycles. The smallest absolute Gasteiger partial charge is 0.319 e. The number of nitrogens with zero attached hydrogens (tertiary/aromatic N) is 5. The summed E-state index contributed by atoms with van der Waals surface area (Å²) in [6.07, 6.45) is 6.37. The molecular weight excluding hydrogens is 604 g/mol. The molecular formula is C32H36ClF2N7OS. The van der Waals surface area contributed by atoms with Crippen LogP contribution < -0.4 is 20.7 Å². The van der Waals surface area contributed by atoms with E-state index in [9.17, 15) is 9.65 Å². The van der Waals surface area contributed by atoms with E-state index < -0.39 is 12.0 Å². The quantitative estimate of drug-likeness (QED) is 0.347. The summed E-state index contributed by atoms with van der Waals surface area (Å²) in [6, 6.07) is 4.92. The molecule has 1 saturated carbocycles. The first kappa shape index (κ1) is 28.7. The highest BCUT2D eigenvalue weighted by molar-refractivity contribution is 7.16. The number of benzene rings is 1. The number of anilines is 2. The molecule has 232 valence electrons. The van der Waals surface area contributed by atoms with E-state index in [0.29, 0.717) is 70.4 Å². The second-order valence-electron chi connectivity index (χ2n) is 13.5. The highest BCUT2D eigenvalue weighted by Gasteiger charge is 2.46. The van der Waals surface area contributed by atoms with Crippen LogP contribution in [0.5, 0.6) is 6.01 Å². The predicted octanol–water partition coefficient (Wildman–Crippen LogP) is 5.55. The molecule has 0 spiro atoms. The number of likely N-dealkylation sites (tertiary alicyclic amines) is 1. The van der Waals surface area contributed by atoms with Crippen LogP contribution in [0.4, 0.5) is 19.6 Å². The summed E-state index contributed by atoms with van der Waals surface area (Å²) in [4.78, 5) is 15.0. The van der Waals surface area contributed by atoms with Crippen molar-refractivity contribution in [3.63, 3.8) is 0 Å². The lowest BCUT2D eigenvalue weighted by atomic mass is 9.80. The van der Waals surface area contributed by atoms with Gasteiger partial charge in [0.2, 0.25) is 0 Å². The number of nitrogen functional groups attached to an aromatic ring is 1. The number of nitrogens with one attached hydrogen (secondary N) is 1. The Kier molecular flexibility index (Phi) is 7.13. The summed E-state index contributed by atoms with van der Waals surface area (Å²) in [7, 11) is 0. The van der Waals surface area contributed by atoms with Crippen LogP contribution in [0.25, 0.3) is 10.9 Å². The van der Waals surface area contributed by atoms with Gasteiger partial charge in [0, 0.05) is 77.0 Å². The number of piperazine rings is 1. The number of nitriles is 1. The van der Waals surface area contributed by atoms with Crippen LogP contribution in [-0.4, -0.2) is 72.5 Å². The zero-order chi connectivity index (χ0) is 30.2. The number of hydrogen-bond acceptors (Lipinski definition) is 9. The largest absolute Gasteiger partial charge is 0.463 e. The van der Waals surface area contributed by atoms with Gasteiger partial charge in [0.25, 0.3) is 0 Å². The Hall–Kier alpha value is -2.78. The molecule has 0 amide bonds. The number of thiophene rings is 1. The van der Waals surface area contributed by atoms with Gasteiger partial charge in [-0.1, -0.05) is 11.6 Å². The first-order valence-electron chi connectivity index (χ1n) is 15.8. The van der Waals surface area contributed by atoms with Crippen LogP contribution in [0.1, 0.15) is 72.4 Å². The lowest BCUT2D eigenvalue weighted by Crippen LogP contribution is -2.51. The van der Waals surface area contributed by atoms with Crippen molar-refractivity contribution in [2.45, 2.75) is 75.5 Å². The summed E-state index contributed by atoms with van der Waals surface area (Å²) < 4.78 is 37.1. The van der Waals surface area contributed by atoms with Crippen molar-refractivity contribution < 1.29 is 13.5 Å². The number of ether oxygens (including phenoxy) is 1. The van der Waals surface area contributed by atoms with Crippen LogP contribution >= 0.6 is 22.9 Å². The second-order valence-corrected chi connectivity index (χ2v) is 15.0. The van der Waals surface area contributed by atoms with E-state index in [-0.39, 0.29) is 22.9 Å². The normalized spacial score (nSPS) is 27.5. The lowest BCUT2D eigenvalue weighted by Gasteiger charge is -2.34. The van der Waals surface area contributed by atoms with E-state index in [2.05, 4.69) is 26.2 Å². The van der Waals surface area contributed by atoms with Gasteiger partial charge in [-0.05, 0) is 63.0 Å². The zero-order valence-electron chi connectivity index (χ0n) is 24.6. The lowest BCUT2D eigenvalue weighted by molar-refractivity contribution is 0.165. The molecule has 0 radical (unpaired) electrons. The van der Waals surface area contributed by atoms with Gasteiger partial charge < -0.3 is 20.7 Å². The highest BCUT2D eigenvalue weighted by atomic mass is 35.5. The second kappa shape index (κ2) is 10.9. The maximum atomic E-state index is 16.9. The molecule has 12 heteroatoms. The number of halogens is 3. The molecule has 3 aliphatic heterocycles. The van der Waals surface area contributed by atoms with Crippen LogP contribution in [0, 0.1) is 22.6 Å². The number of rotatable bonds is 7. The molecule has 3 unspecified atom stereocenters. The van der Waals surface area contributed by atoms with Gasteiger partial charge in [0.15, 0.2) is 5.82 Å². The predicted molar refractivity (Wildman–Crippen MR) is 168 cm³/mol. The molecule has 5 aliphatic rings. The van der Waals surface area contributed by atoms with Crippen LogP contribution in [0.2, 0.25) is 5.02 Å². The molecule has 3 saturated heterocycles. The Labute approximate surface area is 264 Å². The third-order valence-corrected chi connectivity index (χ3v) is 11.8. The molecule has 3 N–H and O–H groups in total. The Morgan fingerprint density at radius 2 is 1.95 bits per heavy atom. The van der Waals surface area contributed by atoms with E-state index in [1.807, 2.05) is 0 Å². The molecule has 4 atom stereocenters. The molecule has 2 bridgehead atoms. The summed E-state index contributed by atoms with van der Waals surface area (Å²) >= 11 is 8.37. The topological polar surface area (TPSA) is 103 Å². The van der Waals surface area contributed by atoms with Crippen LogP contribution in [-0.2, 0) is 6.42 Å². The van der Waals surface area contributed by atoms with Gasteiger partial charge in [0.1, 0.15) is 28.6 Å². The minimum Gasteiger partial charge on any atom is -0.463 e. The molecule has 3 aromatic rings. The summed E-state index contributed by atoms with van der Waals surface area (Å²) in [5, 5.41) is 14.9. The SMILES string of the molecule is N#Cc1c(N)sc2c1C(c1c(Cl)cc3c(N4CC5CCC(C4)N5)nc(OCC4(CN5CC[C@@H](F)C5)CC4)nc3c1F)CCC2. The number of fused-ring (bicyclic) bond motifs is 4. The van der Waals surface area contributed by atoms with Gasteiger partial charge in [-0.3, -0.25) is 4.90 Å². The Morgan fingerprint density at radius 1 is 1.16 bits per heavy atom. The molecule has 2 aliphatic carbocycles. The third-order valence-electron chi connectivity index (χ3n) is 10.4. The maximum Gasteiger partial charge on any atom is 0.319 e. The van der Waals surface area contributed by atoms with Crippen molar-refractivity contribution in [1.82, 2.24) is 20.2 Å². The number of hydrogen-bond donors (Lipinski definition) is 2. The number of nitrogens with two attached hydrogens (primary N) is 1. The van der Waals surface area contributed by atoms with Crippen molar-refractivity contribution in [2.75, 3.05) is 50.0 Å². The summed E-state index contributed by atoms with van der Waals surface area (Å²) in [6.45, 7) is 3.97. The standard InChI is InChI=1S/C32H36ClF2N7OS/c33-23-10-21-28(27(35)26(23)20-2-1-3-24-25(20)22(11-36)29(37)44-24)39-31(40-30(21)42-13-18-4-5-19(14-42)38-18)43-16-32(7-8-32)15-41-9-6-17(34)12-41/h10,17-20,38H,1-9,12-16,37H2/t17-,18?,19?,20?/m1/s1. The van der Waals surface area contributed by atoms with Crippen molar-refractivity contribution in [3.8, 4) is 12.1 Å². The zero-order valence-corrected chi connectivity index (χ0v) is 26.1. The maximum absolute atomic E-state index is 16.9. The van der Waals surface area contributed by atoms with Gasteiger partial charge in [-0.25, -0.2) is 8.78 Å². The monoisotopic (exact) mass is 639 g/mol. The number of alkyl halides is 1. The Bertz CT molecular complexity index is 1660. The molecule has 8 nitrogen and oxygen atoms in total. The Balaban J connectivity index is 1.19. The third kappa shape index (κ3) is 4.98. The fourth-order valence-electron chi connectivity index (χ4n) is 8.00. The fourth-order valence-corrected chi connectivity index (χ4v) is 9.44. The van der Waals surface area contributed by atoms with Crippen LogP contribution in [0.3, 0.4) is 0 Å². The summed E-state index contributed by atoms with van der Waals surface area (Å²) in [5.41, 5.74) is 7.95. The van der Waals surface area contributed by atoms with Gasteiger partial charge >= 0.3 is 6.01 Å². The fraction of sp³-hybridized carbons (Fsp3) is 0.594.